The number of hydrogen-bond acceptors (Lipinski definition) is 5. The van der Waals surface area contributed by atoms with E-state index in [0.717, 1.165) is 35.2 Å². The lowest BCUT2D eigenvalue weighted by Gasteiger charge is -2.13. The summed E-state index contributed by atoms with van der Waals surface area (Å²) in [5.74, 6) is -0.319. The van der Waals surface area contributed by atoms with Crippen LogP contribution in [0.4, 0.5) is 0 Å². The number of nitrogens with zero attached hydrogens (tertiary/aromatic N) is 2. The number of rotatable bonds is 6. The van der Waals surface area contributed by atoms with Gasteiger partial charge in [0.05, 0.1) is 5.71 Å². The van der Waals surface area contributed by atoms with E-state index >= 15 is 0 Å². The molecule has 1 aliphatic carbocycles. The van der Waals surface area contributed by atoms with Crippen LogP contribution in [0.5, 0.6) is 0 Å². The van der Waals surface area contributed by atoms with Gasteiger partial charge in [-0.2, -0.15) is 0 Å². The van der Waals surface area contributed by atoms with Gasteiger partial charge in [0.25, 0.3) is 5.91 Å². The number of carbonyl (C=O) groups is 1. The van der Waals surface area contributed by atoms with Crippen molar-refractivity contribution in [2.45, 2.75) is 33.3 Å². The van der Waals surface area contributed by atoms with Gasteiger partial charge in [-0.25, -0.2) is 0 Å². The van der Waals surface area contributed by atoms with Gasteiger partial charge in [-0.1, -0.05) is 46.2 Å². The number of likely N-dealkylation sites (N-methyl/N-ethyl adjacent to an activating group) is 1. The van der Waals surface area contributed by atoms with E-state index in [1.807, 2.05) is 25.1 Å². The van der Waals surface area contributed by atoms with E-state index in [-0.39, 0.29) is 18.2 Å². The van der Waals surface area contributed by atoms with Crippen molar-refractivity contribution in [1.29, 1.82) is 0 Å². The Bertz CT molecular complexity index is 948. The maximum atomic E-state index is 12.2. The van der Waals surface area contributed by atoms with Gasteiger partial charge in [0.2, 0.25) is 0 Å². The first-order valence-electron chi connectivity index (χ1n) is 9.26. The quantitative estimate of drug-likeness (QED) is 0.618. The molecule has 1 N–H and O–H groups in total. The van der Waals surface area contributed by atoms with Crippen LogP contribution in [0, 0.1) is 13.8 Å². The SMILES string of the molecule is CNC(=O)/C(=N/OC)c1cccc(C)c1CO/N=C1\CCc2ccc(C)cc21. The number of nitrogens with one attached hydrogen (secondary N) is 1. The molecule has 1 aliphatic rings. The van der Waals surface area contributed by atoms with Crippen LogP contribution in [0.25, 0.3) is 0 Å². The van der Waals surface area contributed by atoms with Crippen LogP contribution < -0.4 is 5.32 Å². The van der Waals surface area contributed by atoms with Crippen LogP contribution in [0.2, 0.25) is 0 Å². The Morgan fingerprint density at radius 2 is 2.00 bits per heavy atom. The summed E-state index contributed by atoms with van der Waals surface area (Å²) in [6, 6.07) is 12.1. The monoisotopic (exact) mass is 379 g/mol. The zero-order chi connectivity index (χ0) is 20.1. The second-order valence-corrected chi connectivity index (χ2v) is 6.77. The maximum absolute atomic E-state index is 12.2. The summed E-state index contributed by atoms with van der Waals surface area (Å²) in [4.78, 5) is 22.8. The second kappa shape index (κ2) is 8.69. The average molecular weight is 379 g/mol. The minimum absolute atomic E-state index is 0.210. The molecule has 0 fully saturated rings. The van der Waals surface area contributed by atoms with Gasteiger partial charge in [-0.05, 0) is 43.9 Å². The zero-order valence-electron chi connectivity index (χ0n) is 16.7. The predicted octanol–water partition coefficient (Wildman–Crippen LogP) is 3.27. The van der Waals surface area contributed by atoms with Gasteiger partial charge < -0.3 is 15.0 Å². The first-order chi connectivity index (χ1) is 13.5. The summed E-state index contributed by atoms with van der Waals surface area (Å²) in [5, 5.41) is 10.9. The molecule has 0 heterocycles. The number of benzene rings is 2. The van der Waals surface area contributed by atoms with Crippen molar-refractivity contribution in [1.82, 2.24) is 5.32 Å². The highest BCUT2D eigenvalue weighted by Crippen LogP contribution is 2.24. The Hall–Kier alpha value is -3.15. The van der Waals surface area contributed by atoms with E-state index in [0.29, 0.717) is 5.56 Å². The van der Waals surface area contributed by atoms with Gasteiger partial charge >= 0.3 is 0 Å². The molecule has 3 rings (SSSR count). The van der Waals surface area contributed by atoms with Gasteiger partial charge in [0.15, 0.2) is 5.71 Å². The molecule has 6 nitrogen and oxygen atoms in total. The molecule has 6 heteroatoms. The first-order valence-corrected chi connectivity index (χ1v) is 9.26. The first kappa shape index (κ1) is 19.6. The molecule has 28 heavy (non-hydrogen) atoms. The van der Waals surface area contributed by atoms with Crippen molar-refractivity contribution in [3.05, 3.63) is 69.8 Å². The molecular formula is C22H25N3O3. The molecule has 1 amide bonds. The smallest absolute Gasteiger partial charge is 0.273 e. The highest BCUT2D eigenvalue weighted by Gasteiger charge is 2.20. The van der Waals surface area contributed by atoms with E-state index < -0.39 is 0 Å². The number of carbonyl (C=O) groups excluding carboxylic acids is 1. The molecule has 0 saturated heterocycles. The van der Waals surface area contributed by atoms with Gasteiger partial charge in [-0.3, -0.25) is 4.79 Å². The summed E-state index contributed by atoms with van der Waals surface area (Å²) in [5.41, 5.74) is 7.37. The summed E-state index contributed by atoms with van der Waals surface area (Å²) >= 11 is 0. The molecule has 0 atom stereocenters. The zero-order valence-corrected chi connectivity index (χ0v) is 16.7. The standard InChI is InChI=1S/C22H25N3O3/c1-14-8-9-16-10-11-20(18(16)12-14)24-28-13-19-15(2)6-5-7-17(19)21(25-27-4)22(26)23-3/h5-9,12H,10-11,13H2,1-4H3,(H,23,26)/b24-20+,25-21+. The van der Waals surface area contributed by atoms with Crippen LogP contribution in [-0.2, 0) is 27.5 Å². The number of aryl methyl sites for hydroxylation is 3. The molecule has 2 aromatic rings. The lowest BCUT2D eigenvalue weighted by molar-refractivity contribution is -0.114. The number of hydrogen-bond donors (Lipinski definition) is 1. The Morgan fingerprint density at radius 1 is 1.18 bits per heavy atom. The van der Waals surface area contributed by atoms with E-state index in [9.17, 15) is 4.79 Å². The van der Waals surface area contributed by atoms with Crippen molar-refractivity contribution in [2.24, 2.45) is 10.3 Å². The molecule has 0 aromatic heterocycles. The van der Waals surface area contributed by atoms with Crippen LogP contribution in [0.1, 0.15) is 39.8 Å². The van der Waals surface area contributed by atoms with E-state index in [2.05, 4.69) is 40.8 Å². The van der Waals surface area contributed by atoms with E-state index in [1.165, 1.54) is 18.2 Å². The van der Waals surface area contributed by atoms with Crippen molar-refractivity contribution in [2.75, 3.05) is 14.2 Å². The highest BCUT2D eigenvalue weighted by atomic mass is 16.6. The summed E-state index contributed by atoms with van der Waals surface area (Å²) in [7, 11) is 2.98. The topological polar surface area (TPSA) is 72.3 Å². The van der Waals surface area contributed by atoms with Crippen molar-refractivity contribution >= 4 is 17.3 Å². The lowest BCUT2D eigenvalue weighted by atomic mass is 9.98. The molecule has 146 valence electrons. The molecule has 2 aromatic carbocycles. The van der Waals surface area contributed by atoms with Crippen molar-refractivity contribution < 1.29 is 14.5 Å². The molecule has 0 spiro atoms. The lowest BCUT2D eigenvalue weighted by Crippen LogP contribution is -2.29. The third kappa shape index (κ3) is 4.06. The number of oxime groups is 2. The Kier molecular flexibility index (Phi) is 6.09. The minimum atomic E-state index is -0.319. The average Bonchev–Trinajstić information content (AvgIpc) is 3.09. The second-order valence-electron chi connectivity index (χ2n) is 6.77. The van der Waals surface area contributed by atoms with Crippen molar-refractivity contribution in [3.63, 3.8) is 0 Å². The Morgan fingerprint density at radius 3 is 2.75 bits per heavy atom. The predicted molar refractivity (Wildman–Crippen MR) is 110 cm³/mol. The highest BCUT2D eigenvalue weighted by molar-refractivity contribution is 6.45. The molecule has 0 aliphatic heterocycles. The minimum Gasteiger partial charge on any atom is -0.398 e. The van der Waals surface area contributed by atoms with Crippen LogP contribution >= 0.6 is 0 Å². The molecule has 0 unspecified atom stereocenters. The Balaban J connectivity index is 1.86. The normalized spacial score (nSPS) is 14.7. The van der Waals surface area contributed by atoms with Crippen LogP contribution in [0.15, 0.2) is 46.7 Å². The summed E-state index contributed by atoms with van der Waals surface area (Å²) < 4.78 is 0. The molecular weight excluding hydrogens is 354 g/mol. The van der Waals surface area contributed by atoms with Crippen molar-refractivity contribution in [3.8, 4) is 0 Å². The largest absolute Gasteiger partial charge is 0.398 e. The maximum Gasteiger partial charge on any atom is 0.273 e. The number of fused-ring (bicyclic) bond motifs is 1. The third-order valence-electron chi connectivity index (χ3n) is 4.88. The molecule has 0 saturated carbocycles. The molecule has 0 bridgehead atoms. The van der Waals surface area contributed by atoms with Crippen LogP contribution in [0.3, 0.4) is 0 Å². The van der Waals surface area contributed by atoms with Gasteiger partial charge in [0.1, 0.15) is 13.7 Å². The van der Waals surface area contributed by atoms with Gasteiger partial charge in [-0.15, -0.1) is 0 Å². The third-order valence-corrected chi connectivity index (χ3v) is 4.88. The molecule has 0 radical (unpaired) electrons. The fraction of sp³-hybridized carbons (Fsp3) is 0.318. The fourth-order valence-electron chi connectivity index (χ4n) is 3.37. The van der Waals surface area contributed by atoms with E-state index in [1.54, 1.807) is 7.05 Å². The van der Waals surface area contributed by atoms with Gasteiger partial charge in [0, 0.05) is 23.7 Å². The van der Waals surface area contributed by atoms with Crippen LogP contribution in [-0.4, -0.2) is 31.5 Å². The fourth-order valence-corrected chi connectivity index (χ4v) is 3.37. The summed E-state index contributed by atoms with van der Waals surface area (Å²) in [6.07, 6.45) is 1.85. The van der Waals surface area contributed by atoms with E-state index in [4.69, 9.17) is 9.68 Å². The number of amides is 1. The summed E-state index contributed by atoms with van der Waals surface area (Å²) in [6.45, 7) is 4.29. The Labute approximate surface area is 165 Å².